The van der Waals surface area contributed by atoms with Gasteiger partial charge in [0.25, 0.3) is 0 Å². The molecule has 20 rings (SSSR count). The summed E-state index contributed by atoms with van der Waals surface area (Å²) in [6.45, 7) is 0. The number of hydrogen-bond acceptors (Lipinski definition) is 6. The van der Waals surface area contributed by atoms with E-state index in [0.717, 1.165) is 119 Å². The highest BCUT2D eigenvalue weighted by atomic mass is 16.5. The van der Waals surface area contributed by atoms with Crippen LogP contribution in [0.5, 0.6) is 17.2 Å². The van der Waals surface area contributed by atoms with Crippen molar-refractivity contribution >= 4 is 10.8 Å². The molecule has 2 aromatic heterocycles. The van der Waals surface area contributed by atoms with Crippen molar-refractivity contribution in [2.24, 2.45) is 0 Å². The highest BCUT2D eigenvalue weighted by molar-refractivity contribution is 5.98. The minimum atomic E-state index is -0.680. The molecule has 5 aliphatic rings. The monoisotopic (exact) mass is 1250 g/mol. The van der Waals surface area contributed by atoms with Gasteiger partial charge in [0, 0.05) is 56.5 Å². The second kappa shape index (κ2) is 22.0. The summed E-state index contributed by atoms with van der Waals surface area (Å²) in [6, 6.07) is 113. The molecule has 0 N–H and O–H groups in total. The Bertz CT molecular complexity index is 5830. The SMILES string of the molecule is C1=CCC2Oc3c(-c4cc(-c5ccc6ccccc6c5)nc(-c5ccccc5)n4)cccc3C3(C2=C1)c1ccccc1-c1c(-c2cccc(-c4ccc(-c5cc(-c6cccc7c6Oc6ccccc6C76c7ccccc7-c7ccccc76)nc(-c6ccccc6)n5)cc4)c2)cccc13. The van der Waals surface area contributed by atoms with Crippen LogP contribution >= 0.6 is 0 Å². The Balaban J connectivity index is 0.692. The molecule has 13 aromatic carbocycles. The minimum Gasteiger partial charge on any atom is -0.485 e. The van der Waals surface area contributed by atoms with Crippen molar-refractivity contribution in [2.45, 2.75) is 23.4 Å². The number of rotatable bonds is 8. The van der Waals surface area contributed by atoms with Crippen LogP contribution in [0.2, 0.25) is 0 Å². The number of aromatic nitrogens is 4. The van der Waals surface area contributed by atoms with Gasteiger partial charge >= 0.3 is 0 Å². The van der Waals surface area contributed by atoms with E-state index in [-0.39, 0.29) is 6.10 Å². The van der Waals surface area contributed by atoms with Crippen molar-refractivity contribution in [1.82, 2.24) is 19.9 Å². The van der Waals surface area contributed by atoms with E-state index in [1.54, 1.807) is 0 Å². The number of fused-ring (bicyclic) bond motifs is 19. The molecule has 2 aliphatic heterocycles. The lowest BCUT2D eigenvalue weighted by Gasteiger charge is -2.45. The van der Waals surface area contributed by atoms with Crippen molar-refractivity contribution in [2.75, 3.05) is 0 Å². The maximum Gasteiger partial charge on any atom is 0.160 e. The molecule has 15 aromatic rings. The van der Waals surface area contributed by atoms with Crippen LogP contribution in [0, 0.1) is 0 Å². The van der Waals surface area contributed by atoms with E-state index in [4.69, 9.17) is 29.4 Å². The summed E-state index contributed by atoms with van der Waals surface area (Å²) >= 11 is 0. The zero-order chi connectivity index (χ0) is 64.5. The zero-order valence-electron chi connectivity index (χ0n) is 53.1. The third-order valence-corrected chi connectivity index (χ3v) is 21.0. The Hall–Kier alpha value is -12.6. The van der Waals surface area contributed by atoms with Gasteiger partial charge < -0.3 is 9.47 Å². The fraction of sp³-hybridized carbons (Fsp3) is 0.0435. The molecular formula is C92H58N4O2. The van der Waals surface area contributed by atoms with Crippen LogP contribution in [0.1, 0.15) is 45.4 Å². The van der Waals surface area contributed by atoms with Crippen molar-refractivity contribution in [1.29, 1.82) is 0 Å². The topological polar surface area (TPSA) is 70.0 Å². The Morgan fingerprint density at radius 2 is 0.776 bits per heavy atom. The molecule has 2 spiro atoms. The number of benzene rings is 13. The summed E-state index contributed by atoms with van der Waals surface area (Å²) in [5, 5.41) is 2.34. The number of allylic oxidation sites excluding steroid dienone is 2. The smallest absolute Gasteiger partial charge is 0.160 e. The van der Waals surface area contributed by atoms with Crippen LogP contribution in [-0.2, 0) is 10.8 Å². The normalized spacial score (nSPS) is 15.9. The quantitative estimate of drug-likeness (QED) is 0.151. The number of para-hydroxylation sites is 3. The molecule has 0 amide bonds. The van der Waals surface area contributed by atoms with Gasteiger partial charge in [0.15, 0.2) is 11.6 Å². The maximum atomic E-state index is 7.43. The molecule has 2 unspecified atom stereocenters. The van der Waals surface area contributed by atoms with Gasteiger partial charge in [-0.1, -0.05) is 291 Å². The minimum absolute atomic E-state index is 0.227. The lowest BCUT2D eigenvalue weighted by atomic mass is 9.62. The van der Waals surface area contributed by atoms with E-state index in [9.17, 15) is 0 Å². The molecule has 2 atom stereocenters. The number of hydrogen-bond donors (Lipinski definition) is 0. The van der Waals surface area contributed by atoms with E-state index < -0.39 is 10.8 Å². The lowest BCUT2D eigenvalue weighted by Crippen LogP contribution is -2.42. The summed E-state index contributed by atoms with van der Waals surface area (Å²) in [5.41, 5.74) is 26.6. The van der Waals surface area contributed by atoms with Gasteiger partial charge in [0.2, 0.25) is 0 Å². The first kappa shape index (κ1) is 55.8. The van der Waals surface area contributed by atoms with E-state index in [0.29, 0.717) is 11.6 Å². The molecule has 4 heterocycles. The molecule has 0 radical (unpaired) electrons. The fourth-order valence-electron chi connectivity index (χ4n) is 16.7. The zero-order valence-corrected chi connectivity index (χ0v) is 53.1. The largest absolute Gasteiger partial charge is 0.485 e. The summed E-state index contributed by atoms with van der Waals surface area (Å²) in [6.07, 6.45) is 7.28. The van der Waals surface area contributed by atoms with Crippen molar-refractivity contribution in [3.63, 3.8) is 0 Å². The molecule has 458 valence electrons. The third kappa shape index (κ3) is 8.34. The predicted molar refractivity (Wildman–Crippen MR) is 394 cm³/mol. The van der Waals surface area contributed by atoms with Crippen LogP contribution in [0.3, 0.4) is 0 Å². The standard InChI is InChI=1S/C92H58N4O2/c1-3-24-60(25-4-1)89-93-80(55-82(95-89)70-35-21-43-78-87(70)97-84-45-17-15-40-75(84)91(78)72-37-12-9-31-67(72)68-32-10-13-38-73(68)91)59-50-47-58(48-51-59)63-29-19-30-64(53-63)66-34-20-42-77-86(66)69-33-11-14-39-74(69)92(77)76-41-16-18-46-85(76)98-88-71(36-22-44-79(88)92)83-56-81(94-90(96-83)61-26-5-2-6-27-61)65-52-49-57-23-7-8-28-62(57)54-65/h1-45,47-56,85H,46H2. The average molecular weight is 1250 g/mol. The van der Waals surface area contributed by atoms with Crippen molar-refractivity contribution in [3.8, 4) is 130 Å². The summed E-state index contributed by atoms with van der Waals surface area (Å²) in [5.74, 6) is 3.77. The predicted octanol–water partition coefficient (Wildman–Crippen LogP) is 22.2. The Morgan fingerprint density at radius 3 is 1.47 bits per heavy atom. The van der Waals surface area contributed by atoms with Crippen LogP contribution in [0.4, 0.5) is 0 Å². The first-order valence-corrected chi connectivity index (χ1v) is 33.7. The first-order valence-electron chi connectivity index (χ1n) is 33.7. The van der Waals surface area contributed by atoms with Crippen molar-refractivity contribution < 1.29 is 9.47 Å². The van der Waals surface area contributed by atoms with Gasteiger partial charge in [-0.3, -0.25) is 0 Å². The molecule has 6 nitrogen and oxygen atoms in total. The van der Waals surface area contributed by atoms with Gasteiger partial charge in [0.05, 0.1) is 33.6 Å². The fourth-order valence-corrected chi connectivity index (χ4v) is 16.7. The van der Waals surface area contributed by atoms with Crippen molar-refractivity contribution in [3.05, 3.63) is 378 Å². The maximum absolute atomic E-state index is 7.43. The second-order valence-electron chi connectivity index (χ2n) is 26.1. The Morgan fingerprint density at radius 1 is 0.296 bits per heavy atom. The molecule has 0 fully saturated rings. The highest BCUT2D eigenvalue weighted by Gasteiger charge is 2.55. The molecule has 6 heteroatoms. The molecule has 3 aliphatic carbocycles. The van der Waals surface area contributed by atoms with Crippen LogP contribution < -0.4 is 9.47 Å². The summed E-state index contributed by atoms with van der Waals surface area (Å²) in [4.78, 5) is 21.5. The molecular weight excluding hydrogens is 1190 g/mol. The van der Waals surface area contributed by atoms with E-state index in [1.807, 2.05) is 36.4 Å². The molecule has 0 saturated heterocycles. The average Bonchev–Trinajstić information content (AvgIpc) is 1.51. The van der Waals surface area contributed by atoms with Gasteiger partial charge in [-0.15, -0.1) is 0 Å². The highest BCUT2D eigenvalue weighted by Crippen LogP contribution is 2.66. The Kier molecular flexibility index (Phi) is 12.5. The van der Waals surface area contributed by atoms with Gasteiger partial charge in [-0.2, -0.15) is 0 Å². The molecule has 98 heavy (non-hydrogen) atoms. The summed E-state index contributed by atoms with van der Waals surface area (Å²) in [7, 11) is 0. The van der Waals surface area contributed by atoms with Crippen LogP contribution in [-0.4, -0.2) is 26.0 Å². The Labute approximate surface area is 567 Å². The lowest BCUT2D eigenvalue weighted by molar-refractivity contribution is 0.206. The van der Waals surface area contributed by atoms with Gasteiger partial charge in [-0.05, 0) is 126 Å². The molecule has 0 saturated carbocycles. The van der Waals surface area contributed by atoms with Crippen LogP contribution in [0.25, 0.3) is 123 Å². The summed E-state index contributed by atoms with van der Waals surface area (Å²) < 4.78 is 14.6. The van der Waals surface area contributed by atoms with Gasteiger partial charge in [0.1, 0.15) is 23.4 Å². The van der Waals surface area contributed by atoms with Crippen LogP contribution in [0.15, 0.2) is 339 Å². The molecule has 0 bridgehead atoms. The second-order valence-corrected chi connectivity index (χ2v) is 26.1. The van der Waals surface area contributed by atoms with E-state index in [1.165, 1.54) is 61.0 Å². The first-order chi connectivity index (χ1) is 48.6. The van der Waals surface area contributed by atoms with E-state index in [2.05, 4.69) is 297 Å². The van der Waals surface area contributed by atoms with E-state index >= 15 is 0 Å². The number of nitrogens with zero attached hydrogens (tertiary/aromatic N) is 4. The third-order valence-electron chi connectivity index (χ3n) is 21.0. The number of ether oxygens (including phenoxy) is 2. The van der Waals surface area contributed by atoms with Gasteiger partial charge in [-0.25, -0.2) is 19.9 Å².